The standard InChI is InChI=1S/C23H24O6S/c1-3-27-18-10-16(11-19(12-18)28-4-2)21(25)14-29-17-7-5-15(6-8-17)9-22-20(24)13-23(26)30-22/h5-8,10-12,22H,3-4,9,13-14H2,1-2H3. The van der Waals surface area contributed by atoms with E-state index in [1.54, 1.807) is 30.3 Å². The predicted molar refractivity (Wildman–Crippen MR) is 115 cm³/mol. The van der Waals surface area contributed by atoms with E-state index in [0.29, 0.717) is 42.4 Å². The van der Waals surface area contributed by atoms with Crippen LogP contribution in [0.4, 0.5) is 0 Å². The first kappa shape index (κ1) is 21.9. The lowest BCUT2D eigenvalue weighted by Gasteiger charge is -2.11. The Balaban J connectivity index is 1.59. The SMILES string of the molecule is CCOc1cc(OCC)cc(C(=O)COc2ccc(CC3SC(=O)CC3=O)cc2)c1. The summed E-state index contributed by atoms with van der Waals surface area (Å²) in [5, 5.41) is -0.368. The fourth-order valence-corrected chi connectivity index (χ4v) is 4.11. The fraction of sp³-hybridized carbons (Fsp3) is 0.348. The van der Waals surface area contributed by atoms with Crippen LogP contribution in [-0.4, -0.2) is 41.8 Å². The number of hydrogen-bond acceptors (Lipinski definition) is 7. The second-order valence-corrected chi connectivity index (χ2v) is 8.00. The molecular weight excluding hydrogens is 404 g/mol. The van der Waals surface area contributed by atoms with Crippen molar-refractivity contribution in [1.29, 1.82) is 0 Å². The Labute approximate surface area is 179 Å². The third-order valence-electron chi connectivity index (χ3n) is 4.49. The van der Waals surface area contributed by atoms with E-state index >= 15 is 0 Å². The van der Waals surface area contributed by atoms with E-state index in [2.05, 4.69) is 0 Å². The molecule has 0 aliphatic carbocycles. The quantitative estimate of drug-likeness (QED) is 0.420. The second kappa shape index (κ2) is 10.3. The van der Waals surface area contributed by atoms with Gasteiger partial charge >= 0.3 is 0 Å². The van der Waals surface area contributed by atoms with Gasteiger partial charge in [-0.05, 0) is 50.1 Å². The van der Waals surface area contributed by atoms with Crippen molar-refractivity contribution in [2.24, 2.45) is 0 Å². The molecular formula is C23H24O6S. The molecule has 0 spiro atoms. The summed E-state index contributed by atoms with van der Waals surface area (Å²) in [6.45, 7) is 4.61. The van der Waals surface area contributed by atoms with Gasteiger partial charge in [0.25, 0.3) is 0 Å². The Hall–Kier alpha value is -2.80. The fourth-order valence-electron chi connectivity index (χ4n) is 3.08. The van der Waals surface area contributed by atoms with Crippen LogP contribution < -0.4 is 14.2 Å². The maximum atomic E-state index is 12.6. The van der Waals surface area contributed by atoms with Gasteiger partial charge in [-0.2, -0.15) is 0 Å². The first-order valence-corrected chi connectivity index (χ1v) is 10.7. The van der Waals surface area contributed by atoms with Gasteiger partial charge in [0, 0.05) is 11.6 Å². The molecule has 1 fully saturated rings. The summed E-state index contributed by atoms with van der Waals surface area (Å²) in [6, 6.07) is 12.3. The van der Waals surface area contributed by atoms with Crippen LogP contribution in [0.5, 0.6) is 17.2 Å². The lowest BCUT2D eigenvalue weighted by Crippen LogP contribution is -2.14. The highest BCUT2D eigenvalue weighted by atomic mass is 32.2. The Morgan fingerprint density at radius 1 is 0.933 bits per heavy atom. The summed E-state index contributed by atoms with van der Waals surface area (Å²) in [6.07, 6.45) is 0.535. The molecule has 1 aliphatic heterocycles. The summed E-state index contributed by atoms with van der Waals surface area (Å²) in [5.41, 5.74) is 1.41. The van der Waals surface area contributed by atoms with Crippen LogP contribution in [0.3, 0.4) is 0 Å². The zero-order valence-corrected chi connectivity index (χ0v) is 17.8. The smallest absolute Gasteiger partial charge is 0.200 e. The third kappa shape index (κ3) is 5.86. The number of Topliss-reactive ketones (excluding diaryl/α,β-unsaturated/α-hetero) is 2. The first-order chi connectivity index (χ1) is 14.5. The highest BCUT2D eigenvalue weighted by molar-refractivity contribution is 8.15. The van der Waals surface area contributed by atoms with Gasteiger partial charge in [-0.25, -0.2) is 0 Å². The summed E-state index contributed by atoms with van der Waals surface area (Å²) in [5.74, 6) is 1.51. The van der Waals surface area contributed by atoms with Crippen LogP contribution in [0.1, 0.15) is 36.2 Å². The minimum Gasteiger partial charge on any atom is -0.494 e. The van der Waals surface area contributed by atoms with Crippen molar-refractivity contribution in [3.8, 4) is 17.2 Å². The number of hydrogen-bond donors (Lipinski definition) is 0. The summed E-state index contributed by atoms with van der Waals surface area (Å²) in [4.78, 5) is 35.7. The van der Waals surface area contributed by atoms with Crippen LogP contribution in [0.25, 0.3) is 0 Å². The van der Waals surface area contributed by atoms with Crippen LogP contribution in [0, 0.1) is 0 Å². The normalized spacial score (nSPS) is 15.9. The average molecular weight is 429 g/mol. The summed E-state index contributed by atoms with van der Waals surface area (Å²) >= 11 is 1.11. The molecule has 1 aliphatic rings. The van der Waals surface area contributed by atoms with Crippen LogP contribution in [-0.2, 0) is 16.0 Å². The lowest BCUT2D eigenvalue weighted by atomic mass is 10.1. The van der Waals surface area contributed by atoms with E-state index < -0.39 is 0 Å². The molecule has 0 saturated carbocycles. The van der Waals surface area contributed by atoms with E-state index in [9.17, 15) is 14.4 Å². The Bertz CT molecular complexity index is 898. The minimum atomic E-state index is -0.303. The van der Waals surface area contributed by atoms with E-state index in [0.717, 1.165) is 17.3 Å². The average Bonchev–Trinajstić information content (AvgIpc) is 3.04. The van der Waals surface area contributed by atoms with Gasteiger partial charge in [0.1, 0.15) is 17.2 Å². The highest BCUT2D eigenvalue weighted by Gasteiger charge is 2.31. The van der Waals surface area contributed by atoms with Gasteiger partial charge in [0.05, 0.1) is 24.9 Å². The van der Waals surface area contributed by atoms with Crippen LogP contribution in [0.2, 0.25) is 0 Å². The second-order valence-electron chi connectivity index (χ2n) is 6.74. The molecule has 0 radical (unpaired) electrons. The molecule has 1 saturated heterocycles. The number of carbonyl (C=O) groups is 3. The molecule has 2 aromatic carbocycles. The molecule has 2 aromatic rings. The number of thioether (sulfide) groups is 1. The lowest BCUT2D eigenvalue weighted by molar-refractivity contribution is -0.121. The first-order valence-electron chi connectivity index (χ1n) is 9.86. The molecule has 0 bridgehead atoms. The van der Waals surface area contributed by atoms with Gasteiger partial charge in [-0.1, -0.05) is 23.9 Å². The predicted octanol–water partition coefficient (Wildman–Crippen LogP) is 3.89. The van der Waals surface area contributed by atoms with Crippen molar-refractivity contribution < 1.29 is 28.6 Å². The Morgan fingerprint density at radius 2 is 1.57 bits per heavy atom. The molecule has 7 heteroatoms. The zero-order valence-electron chi connectivity index (χ0n) is 17.0. The van der Waals surface area contributed by atoms with E-state index in [1.165, 1.54) is 0 Å². The number of benzene rings is 2. The van der Waals surface area contributed by atoms with Gasteiger partial charge in [-0.3, -0.25) is 14.4 Å². The van der Waals surface area contributed by atoms with Gasteiger partial charge in [0.15, 0.2) is 23.3 Å². The van der Waals surface area contributed by atoms with Crippen molar-refractivity contribution in [3.63, 3.8) is 0 Å². The molecule has 0 amide bonds. The maximum Gasteiger partial charge on any atom is 0.200 e. The number of carbonyl (C=O) groups excluding carboxylic acids is 3. The van der Waals surface area contributed by atoms with Crippen LogP contribution in [0.15, 0.2) is 42.5 Å². The molecule has 1 unspecified atom stereocenters. The summed E-state index contributed by atoms with van der Waals surface area (Å²) < 4.78 is 16.6. The van der Waals surface area contributed by atoms with E-state index in [-0.39, 0.29) is 35.0 Å². The molecule has 3 rings (SSSR count). The van der Waals surface area contributed by atoms with Gasteiger partial charge in [0.2, 0.25) is 0 Å². The van der Waals surface area contributed by atoms with Crippen molar-refractivity contribution in [2.45, 2.75) is 31.9 Å². The van der Waals surface area contributed by atoms with E-state index in [1.807, 2.05) is 26.0 Å². The topological polar surface area (TPSA) is 78.9 Å². The van der Waals surface area contributed by atoms with Crippen molar-refractivity contribution >= 4 is 28.4 Å². The minimum absolute atomic E-state index is 0.0170. The van der Waals surface area contributed by atoms with Gasteiger partial charge in [-0.15, -0.1) is 0 Å². The number of ether oxygens (including phenoxy) is 3. The third-order valence-corrected chi connectivity index (χ3v) is 5.61. The molecule has 0 N–H and O–H groups in total. The zero-order chi connectivity index (χ0) is 21.5. The molecule has 0 aromatic heterocycles. The molecule has 6 nitrogen and oxygen atoms in total. The van der Waals surface area contributed by atoms with Crippen molar-refractivity contribution in [1.82, 2.24) is 0 Å². The number of ketones is 2. The van der Waals surface area contributed by atoms with E-state index in [4.69, 9.17) is 14.2 Å². The van der Waals surface area contributed by atoms with Crippen molar-refractivity contribution in [2.75, 3.05) is 19.8 Å². The Kier molecular flexibility index (Phi) is 7.52. The highest BCUT2D eigenvalue weighted by Crippen LogP contribution is 2.28. The molecule has 1 atom stereocenters. The van der Waals surface area contributed by atoms with Crippen molar-refractivity contribution in [3.05, 3.63) is 53.6 Å². The monoisotopic (exact) mass is 428 g/mol. The maximum absolute atomic E-state index is 12.6. The summed E-state index contributed by atoms with van der Waals surface area (Å²) in [7, 11) is 0. The molecule has 1 heterocycles. The Morgan fingerprint density at radius 3 is 2.10 bits per heavy atom. The largest absolute Gasteiger partial charge is 0.494 e. The van der Waals surface area contributed by atoms with Crippen LogP contribution >= 0.6 is 11.8 Å². The number of rotatable bonds is 10. The molecule has 158 valence electrons. The van der Waals surface area contributed by atoms with Gasteiger partial charge < -0.3 is 14.2 Å². The molecule has 30 heavy (non-hydrogen) atoms.